The van der Waals surface area contributed by atoms with Crippen LogP contribution in [0.2, 0.25) is 0 Å². The highest BCUT2D eigenvalue weighted by Crippen LogP contribution is 2.37. The molecule has 0 spiro atoms. The number of hydrogen-bond donors (Lipinski definition) is 3. The molecule has 3 aromatic carbocycles. The first-order valence-electron chi connectivity index (χ1n) is 8.68. The summed E-state index contributed by atoms with van der Waals surface area (Å²) in [6, 6.07) is 15.9. The van der Waals surface area contributed by atoms with E-state index in [0.717, 1.165) is 10.9 Å². The Hall–Kier alpha value is -3.01. The monoisotopic (exact) mass is 349 g/mol. The molecule has 1 amide bonds. The van der Waals surface area contributed by atoms with Crippen LogP contribution in [-0.4, -0.2) is 16.1 Å². The SMILES string of the molecule is CC(=O)N[C@@H](c1ccc(C(C)C)cc1)c1c(O)ccc2ccc(O)cc12. The van der Waals surface area contributed by atoms with Gasteiger partial charge in [0.1, 0.15) is 11.5 Å². The summed E-state index contributed by atoms with van der Waals surface area (Å²) < 4.78 is 0. The average Bonchev–Trinajstić information content (AvgIpc) is 2.60. The van der Waals surface area contributed by atoms with E-state index >= 15 is 0 Å². The number of hydrogen-bond acceptors (Lipinski definition) is 3. The lowest BCUT2D eigenvalue weighted by atomic mass is 9.91. The fourth-order valence-electron chi connectivity index (χ4n) is 3.22. The van der Waals surface area contributed by atoms with Crippen LogP contribution in [0.15, 0.2) is 54.6 Å². The third-order valence-corrected chi connectivity index (χ3v) is 4.60. The number of phenolic OH excluding ortho intramolecular Hbond substituents is 2. The van der Waals surface area contributed by atoms with Gasteiger partial charge in [-0.2, -0.15) is 0 Å². The van der Waals surface area contributed by atoms with Crippen LogP contribution in [0.1, 0.15) is 49.4 Å². The van der Waals surface area contributed by atoms with Gasteiger partial charge >= 0.3 is 0 Å². The maximum Gasteiger partial charge on any atom is 0.217 e. The van der Waals surface area contributed by atoms with Crippen molar-refractivity contribution in [2.75, 3.05) is 0 Å². The zero-order valence-corrected chi connectivity index (χ0v) is 15.2. The maximum absolute atomic E-state index is 11.8. The maximum atomic E-state index is 11.8. The molecule has 0 aromatic heterocycles. The summed E-state index contributed by atoms with van der Waals surface area (Å²) in [5.74, 6) is 0.404. The van der Waals surface area contributed by atoms with E-state index in [2.05, 4.69) is 19.2 Å². The predicted octanol–water partition coefficient (Wildman–Crippen LogP) is 4.60. The van der Waals surface area contributed by atoms with Gasteiger partial charge in [0.2, 0.25) is 5.91 Å². The second-order valence-electron chi connectivity index (χ2n) is 6.86. The summed E-state index contributed by atoms with van der Waals surface area (Å²) in [5, 5.41) is 25.0. The number of carbonyl (C=O) groups excluding carboxylic acids is 1. The average molecular weight is 349 g/mol. The van der Waals surface area contributed by atoms with E-state index in [-0.39, 0.29) is 17.4 Å². The first kappa shape index (κ1) is 17.8. The first-order chi connectivity index (χ1) is 12.4. The van der Waals surface area contributed by atoms with Crippen LogP contribution in [-0.2, 0) is 4.79 Å². The summed E-state index contributed by atoms with van der Waals surface area (Å²) in [6.45, 7) is 5.70. The summed E-state index contributed by atoms with van der Waals surface area (Å²) in [7, 11) is 0. The normalized spacial score (nSPS) is 12.3. The van der Waals surface area contributed by atoms with Crippen molar-refractivity contribution in [3.05, 3.63) is 71.3 Å². The second kappa shape index (κ2) is 7.08. The van der Waals surface area contributed by atoms with Gasteiger partial charge in [-0.1, -0.05) is 50.2 Å². The van der Waals surface area contributed by atoms with Gasteiger partial charge in [0.25, 0.3) is 0 Å². The molecule has 0 aliphatic heterocycles. The lowest BCUT2D eigenvalue weighted by Crippen LogP contribution is -2.27. The molecule has 26 heavy (non-hydrogen) atoms. The van der Waals surface area contributed by atoms with Gasteiger partial charge in [0, 0.05) is 12.5 Å². The second-order valence-corrected chi connectivity index (χ2v) is 6.86. The highest BCUT2D eigenvalue weighted by molar-refractivity contribution is 5.90. The Morgan fingerprint density at radius 1 is 0.923 bits per heavy atom. The van der Waals surface area contributed by atoms with Crippen molar-refractivity contribution in [1.29, 1.82) is 0 Å². The Morgan fingerprint density at radius 3 is 2.15 bits per heavy atom. The molecule has 0 aliphatic rings. The van der Waals surface area contributed by atoms with Gasteiger partial charge in [-0.3, -0.25) is 4.79 Å². The predicted molar refractivity (Wildman–Crippen MR) is 103 cm³/mol. The molecule has 3 rings (SSSR count). The minimum absolute atomic E-state index is 0.0785. The van der Waals surface area contributed by atoms with Gasteiger partial charge in [0.05, 0.1) is 6.04 Å². The van der Waals surface area contributed by atoms with E-state index in [1.807, 2.05) is 24.3 Å². The molecule has 0 fully saturated rings. The number of amides is 1. The Morgan fingerprint density at radius 2 is 1.54 bits per heavy atom. The Balaban J connectivity index is 2.20. The van der Waals surface area contributed by atoms with E-state index < -0.39 is 6.04 Å². The van der Waals surface area contributed by atoms with Crippen molar-refractivity contribution in [1.82, 2.24) is 5.32 Å². The summed E-state index contributed by atoms with van der Waals surface area (Å²) in [5.41, 5.74) is 2.65. The van der Waals surface area contributed by atoms with E-state index in [1.165, 1.54) is 12.5 Å². The van der Waals surface area contributed by atoms with Gasteiger partial charge in [-0.05, 0) is 46.0 Å². The summed E-state index contributed by atoms with van der Waals surface area (Å²) in [4.78, 5) is 11.8. The highest BCUT2D eigenvalue weighted by atomic mass is 16.3. The summed E-state index contributed by atoms with van der Waals surface area (Å²) >= 11 is 0. The fraction of sp³-hybridized carbons (Fsp3) is 0.227. The van der Waals surface area contributed by atoms with E-state index in [0.29, 0.717) is 16.9 Å². The molecular weight excluding hydrogens is 326 g/mol. The van der Waals surface area contributed by atoms with Crippen molar-refractivity contribution in [3.63, 3.8) is 0 Å². The van der Waals surface area contributed by atoms with Crippen LogP contribution < -0.4 is 5.32 Å². The number of rotatable bonds is 4. The van der Waals surface area contributed by atoms with Crippen molar-refractivity contribution in [2.24, 2.45) is 0 Å². The molecule has 4 heteroatoms. The number of benzene rings is 3. The third-order valence-electron chi connectivity index (χ3n) is 4.60. The van der Waals surface area contributed by atoms with Crippen molar-refractivity contribution >= 4 is 16.7 Å². The van der Waals surface area contributed by atoms with Crippen molar-refractivity contribution in [2.45, 2.75) is 32.7 Å². The third kappa shape index (κ3) is 3.49. The molecule has 3 aromatic rings. The molecule has 134 valence electrons. The van der Waals surface area contributed by atoms with Gasteiger partial charge < -0.3 is 15.5 Å². The highest BCUT2D eigenvalue weighted by Gasteiger charge is 2.22. The molecule has 0 saturated carbocycles. The Labute approximate surface area is 153 Å². The lowest BCUT2D eigenvalue weighted by molar-refractivity contribution is -0.119. The number of nitrogens with one attached hydrogen (secondary N) is 1. The molecule has 1 atom stereocenters. The molecule has 0 bridgehead atoms. The van der Waals surface area contributed by atoms with E-state index in [4.69, 9.17) is 0 Å². The smallest absolute Gasteiger partial charge is 0.217 e. The molecule has 0 aliphatic carbocycles. The number of phenols is 2. The molecule has 0 unspecified atom stereocenters. The Kier molecular flexibility index (Phi) is 4.85. The van der Waals surface area contributed by atoms with E-state index in [1.54, 1.807) is 30.3 Å². The van der Waals surface area contributed by atoms with Crippen molar-refractivity contribution < 1.29 is 15.0 Å². The first-order valence-corrected chi connectivity index (χ1v) is 8.68. The van der Waals surface area contributed by atoms with Crippen LogP contribution in [0.25, 0.3) is 10.8 Å². The quantitative estimate of drug-likeness (QED) is 0.645. The van der Waals surface area contributed by atoms with E-state index in [9.17, 15) is 15.0 Å². The molecule has 0 saturated heterocycles. The minimum atomic E-state index is -0.515. The zero-order chi connectivity index (χ0) is 18.8. The molecule has 4 nitrogen and oxygen atoms in total. The van der Waals surface area contributed by atoms with Crippen LogP contribution in [0, 0.1) is 0 Å². The zero-order valence-electron chi connectivity index (χ0n) is 15.2. The van der Waals surface area contributed by atoms with Crippen LogP contribution in [0.5, 0.6) is 11.5 Å². The standard InChI is InChI=1S/C22H23NO3/c1-13(2)15-4-6-17(7-5-15)22(23-14(3)24)21-19-12-18(25)10-8-16(19)9-11-20(21)26/h4-13,22,25-26H,1-3H3,(H,23,24)/t22-/m0/s1. The Bertz CT molecular complexity index is 940. The fourth-order valence-corrected chi connectivity index (χ4v) is 3.22. The van der Waals surface area contributed by atoms with Gasteiger partial charge in [-0.25, -0.2) is 0 Å². The van der Waals surface area contributed by atoms with Crippen LogP contribution in [0.3, 0.4) is 0 Å². The lowest BCUT2D eigenvalue weighted by Gasteiger charge is -2.22. The number of fused-ring (bicyclic) bond motifs is 1. The van der Waals surface area contributed by atoms with Gasteiger partial charge in [0.15, 0.2) is 0 Å². The summed E-state index contributed by atoms with van der Waals surface area (Å²) in [6.07, 6.45) is 0. The number of carbonyl (C=O) groups is 1. The van der Waals surface area contributed by atoms with Crippen LogP contribution >= 0.6 is 0 Å². The number of aromatic hydroxyl groups is 2. The minimum Gasteiger partial charge on any atom is -0.508 e. The largest absolute Gasteiger partial charge is 0.508 e. The molecule has 0 radical (unpaired) electrons. The molecular formula is C22H23NO3. The van der Waals surface area contributed by atoms with Crippen LogP contribution in [0.4, 0.5) is 0 Å². The van der Waals surface area contributed by atoms with Gasteiger partial charge in [-0.15, -0.1) is 0 Å². The topological polar surface area (TPSA) is 69.6 Å². The molecule has 0 heterocycles. The molecule has 3 N–H and O–H groups in total. The van der Waals surface area contributed by atoms with Crippen molar-refractivity contribution in [3.8, 4) is 11.5 Å².